The average Bonchev–Trinajstić information content (AvgIpc) is 2.74. The quantitative estimate of drug-likeness (QED) is 0.648. The van der Waals surface area contributed by atoms with Crippen molar-refractivity contribution in [1.29, 1.82) is 0 Å². The van der Waals surface area contributed by atoms with E-state index in [1.54, 1.807) is 23.1 Å². The van der Waals surface area contributed by atoms with Crippen molar-refractivity contribution in [1.82, 2.24) is 10.2 Å². The van der Waals surface area contributed by atoms with Crippen molar-refractivity contribution in [3.8, 4) is 5.75 Å². The molecule has 1 aliphatic rings. The van der Waals surface area contributed by atoms with Gasteiger partial charge in [-0.05, 0) is 49.6 Å². The Morgan fingerprint density at radius 2 is 1.79 bits per heavy atom. The molecule has 2 amide bonds. The summed E-state index contributed by atoms with van der Waals surface area (Å²) in [5.74, 6) is 0.703. The Morgan fingerprint density at radius 3 is 2.52 bits per heavy atom. The Labute approximate surface area is 180 Å². The minimum Gasteiger partial charge on any atom is -0.494 e. The Kier molecular flexibility index (Phi) is 7.78. The number of hydrogen-bond donors (Lipinski definition) is 1. The zero-order valence-corrected chi connectivity index (χ0v) is 17.6. The van der Waals surface area contributed by atoms with Crippen LogP contribution in [-0.2, 0) is 4.79 Å². The molecule has 0 radical (unpaired) electrons. The van der Waals surface area contributed by atoms with Gasteiger partial charge in [-0.2, -0.15) is 0 Å². The first-order chi connectivity index (χ1) is 14.0. The number of nitrogens with one attached hydrogen (secondary N) is 1. The van der Waals surface area contributed by atoms with E-state index in [0.29, 0.717) is 48.1 Å². The molecule has 0 unspecified atom stereocenters. The Morgan fingerprint density at radius 1 is 1.07 bits per heavy atom. The number of halogens is 2. The van der Waals surface area contributed by atoms with Crippen molar-refractivity contribution < 1.29 is 14.3 Å². The minimum absolute atomic E-state index is 0.0179. The van der Waals surface area contributed by atoms with Gasteiger partial charge in [0.2, 0.25) is 5.91 Å². The first kappa shape index (κ1) is 21.5. The molecule has 0 spiro atoms. The monoisotopic (exact) mass is 434 g/mol. The summed E-state index contributed by atoms with van der Waals surface area (Å²) in [6.07, 6.45) is 2.52. The molecule has 154 valence electrons. The third kappa shape index (κ3) is 6.38. The molecule has 1 fully saturated rings. The number of piperidine rings is 1. The Hall–Kier alpha value is -2.24. The van der Waals surface area contributed by atoms with Crippen LogP contribution in [0.25, 0.3) is 0 Å². The van der Waals surface area contributed by atoms with Gasteiger partial charge < -0.3 is 15.0 Å². The number of hydrogen-bond acceptors (Lipinski definition) is 3. The van der Waals surface area contributed by atoms with Crippen LogP contribution < -0.4 is 10.1 Å². The highest BCUT2D eigenvalue weighted by Crippen LogP contribution is 2.23. The topological polar surface area (TPSA) is 58.6 Å². The molecule has 3 rings (SSSR count). The van der Waals surface area contributed by atoms with Gasteiger partial charge in [0, 0.05) is 30.6 Å². The van der Waals surface area contributed by atoms with E-state index in [2.05, 4.69) is 5.32 Å². The minimum atomic E-state index is -0.125. The number of para-hydroxylation sites is 1. The molecule has 0 bridgehead atoms. The maximum Gasteiger partial charge on any atom is 0.255 e. The highest BCUT2D eigenvalue weighted by atomic mass is 35.5. The van der Waals surface area contributed by atoms with Crippen LogP contribution in [0.1, 0.15) is 36.0 Å². The zero-order valence-electron chi connectivity index (χ0n) is 16.1. The van der Waals surface area contributed by atoms with Crippen molar-refractivity contribution in [2.24, 2.45) is 0 Å². The highest BCUT2D eigenvalue weighted by molar-refractivity contribution is 6.35. The lowest BCUT2D eigenvalue weighted by Gasteiger charge is -2.32. The predicted molar refractivity (Wildman–Crippen MR) is 115 cm³/mol. The second kappa shape index (κ2) is 10.5. The molecular weight excluding hydrogens is 411 g/mol. The second-order valence-electron chi connectivity index (χ2n) is 7.02. The number of likely N-dealkylation sites (tertiary alicyclic amines) is 1. The van der Waals surface area contributed by atoms with Crippen LogP contribution in [0.15, 0.2) is 48.5 Å². The maximum absolute atomic E-state index is 12.7. The summed E-state index contributed by atoms with van der Waals surface area (Å²) in [6.45, 7) is 1.65. The summed E-state index contributed by atoms with van der Waals surface area (Å²) in [4.78, 5) is 26.6. The lowest BCUT2D eigenvalue weighted by atomic mass is 10.0. The van der Waals surface area contributed by atoms with Crippen LogP contribution in [0.4, 0.5) is 0 Å². The Balaban J connectivity index is 1.37. The van der Waals surface area contributed by atoms with Gasteiger partial charge in [-0.25, -0.2) is 0 Å². The van der Waals surface area contributed by atoms with E-state index in [0.717, 1.165) is 18.6 Å². The lowest BCUT2D eigenvalue weighted by Crippen LogP contribution is -2.46. The molecule has 0 saturated carbocycles. The van der Waals surface area contributed by atoms with E-state index in [4.69, 9.17) is 27.9 Å². The number of carbonyl (C=O) groups excluding carboxylic acids is 2. The summed E-state index contributed by atoms with van der Waals surface area (Å²) in [5, 5.41) is 3.94. The number of amides is 2. The van der Waals surface area contributed by atoms with E-state index in [1.807, 2.05) is 30.3 Å². The normalized spacial score (nSPS) is 14.5. The van der Waals surface area contributed by atoms with Crippen LogP contribution in [0.2, 0.25) is 10.0 Å². The van der Waals surface area contributed by atoms with Gasteiger partial charge in [0.05, 0.1) is 17.2 Å². The van der Waals surface area contributed by atoms with Crippen molar-refractivity contribution in [2.75, 3.05) is 19.7 Å². The standard InChI is InChI=1S/C22H24Cl2N2O3/c23-16-8-9-20(24)19(15-16)22(28)26-12-10-17(11-13-26)25-21(27)7-4-14-29-18-5-2-1-3-6-18/h1-3,5-6,8-9,15,17H,4,7,10-14H2,(H,25,27). The molecule has 1 N–H and O–H groups in total. The molecule has 1 aliphatic heterocycles. The van der Waals surface area contributed by atoms with E-state index in [1.165, 1.54) is 0 Å². The van der Waals surface area contributed by atoms with E-state index >= 15 is 0 Å². The fraction of sp³-hybridized carbons (Fsp3) is 0.364. The molecule has 0 atom stereocenters. The van der Waals surface area contributed by atoms with E-state index < -0.39 is 0 Å². The number of ether oxygens (including phenoxy) is 1. The zero-order chi connectivity index (χ0) is 20.6. The molecule has 0 aromatic heterocycles. The van der Waals surface area contributed by atoms with Crippen LogP contribution in [0.5, 0.6) is 5.75 Å². The smallest absolute Gasteiger partial charge is 0.255 e. The molecule has 7 heteroatoms. The number of rotatable bonds is 7. The largest absolute Gasteiger partial charge is 0.494 e. The predicted octanol–water partition coefficient (Wildman–Crippen LogP) is 4.57. The second-order valence-corrected chi connectivity index (χ2v) is 7.87. The van der Waals surface area contributed by atoms with Gasteiger partial charge in [0.25, 0.3) is 5.91 Å². The van der Waals surface area contributed by atoms with Gasteiger partial charge in [-0.1, -0.05) is 41.4 Å². The average molecular weight is 435 g/mol. The van der Waals surface area contributed by atoms with E-state index in [9.17, 15) is 9.59 Å². The van der Waals surface area contributed by atoms with Crippen molar-refractivity contribution >= 4 is 35.0 Å². The molecule has 29 heavy (non-hydrogen) atoms. The van der Waals surface area contributed by atoms with Crippen molar-refractivity contribution in [3.63, 3.8) is 0 Å². The first-order valence-electron chi connectivity index (χ1n) is 9.74. The third-order valence-electron chi connectivity index (χ3n) is 4.87. The van der Waals surface area contributed by atoms with Gasteiger partial charge in [0.1, 0.15) is 5.75 Å². The van der Waals surface area contributed by atoms with Gasteiger partial charge in [-0.3, -0.25) is 9.59 Å². The summed E-state index contributed by atoms with van der Waals surface area (Å²) < 4.78 is 5.60. The van der Waals surface area contributed by atoms with Crippen molar-refractivity contribution in [2.45, 2.75) is 31.7 Å². The van der Waals surface area contributed by atoms with Crippen molar-refractivity contribution in [3.05, 3.63) is 64.1 Å². The summed E-state index contributed by atoms with van der Waals surface area (Å²) >= 11 is 12.1. The summed E-state index contributed by atoms with van der Waals surface area (Å²) in [6, 6.07) is 14.5. The molecular formula is C22H24Cl2N2O3. The first-order valence-corrected chi connectivity index (χ1v) is 10.5. The molecule has 1 heterocycles. The van der Waals surface area contributed by atoms with Crippen LogP contribution >= 0.6 is 23.2 Å². The molecule has 0 aliphatic carbocycles. The fourth-order valence-corrected chi connectivity index (χ4v) is 3.67. The number of benzene rings is 2. The third-order valence-corrected chi connectivity index (χ3v) is 5.43. The molecule has 2 aromatic rings. The molecule has 1 saturated heterocycles. The molecule has 5 nitrogen and oxygen atoms in total. The van der Waals surface area contributed by atoms with Crippen LogP contribution in [0.3, 0.4) is 0 Å². The summed E-state index contributed by atoms with van der Waals surface area (Å²) in [7, 11) is 0. The SMILES string of the molecule is O=C(CCCOc1ccccc1)NC1CCN(C(=O)c2cc(Cl)ccc2Cl)CC1. The maximum atomic E-state index is 12.7. The fourth-order valence-electron chi connectivity index (χ4n) is 3.30. The van der Waals surface area contributed by atoms with Gasteiger partial charge in [-0.15, -0.1) is 0 Å². The lowest BCUT2D eigenvalue weighted by molar-refractivity contribution is -0.122. The van der Waals surface area contributed by atoms with Gasteiger partial charge in [0.15, 0.2) is 0 Å². The number of nitrogens with zero attached hydrogens (tertiary/aromatic N) is 1. The number of carbonyl (C=O) groups is 2. The van der Waals surface area contributed by atoms with Crippen LogP contribution in [0, 0.1) is 0 Å². The summed E-state index contributed by atoms with van der Waals surface area (Å²) in [5.41, 5.74) is 0.417. The Bertz CT molecular complexity index is 837. The van der Waals surface area contributed by atoms with E-state index in [-0.39, 0.29) is 17.9 Å². The highest BCUT2D eigenvalue weighted by Gasteiger charge is 2.25. The van der Waals surface area contributed by atoms with Gasteiger partial charge >= 0.3 is 0 Å². The van der Waals surface area contributed by atoms with Crippen LogP contribution in [-0.4, -0.2) is 42.5 Å². The molecule has 2 aromatic carbocycles.